The first-order valence-electron chi connectivity index (χ1n) is 18.7. The molecule has 1 saturated carbocycles. The lowest BCUT2D eigenvalue weighted by Gasteiger charge is -2.39. The van der Waals surface area contributed by atoms with Gasteiger partial charge in [-0.1, -0.05) is 50.0 Å². The number of aliphatic hydroxyl groups excluding tert-OH is 1. The lowest BCUT2D eigenvalue weighted by atomic mass is 9.90. The Morgan fingerprint density at radius 1 is 1.00 bits per heavy atom. The molecule has 0 aromatic heterocycles. The molecule has 0 radical (unpaired) electrons. The number of methoxy groups -OCH3 is 1. The summed E-state index contributed by atoms with van der Waals surface area (Å²) in [7, 11) is 1.23. The molecule has 19 nitrogen and oxygen atoms in total. The lowest BCUT2D eigenvalue weighted by Crippen LogP contribution is -2.66. The number of benzene rings is 1. The minimum Gasteiger partial charge on any atom is -0.481 e. The highest BCUT2D eigenvalue weighted by Crippen LogP contribution is 2.53. The van der Waals surface area contributed by atoms with Gasteiger partial charge in [-0.2, -0.15) is 0 Å². The third-order valence-electron chi connectivity index (χ3n) is 11.4. The van der Waals surface area contributed by atoms with Crippen LogP contribution in [0.3, 0.4) is 0 Å². The number of hydrogen-bond donors (Lipinski definition) is 8. The SMILES string of the molecule is COC[C@H]1NC(=O)[C@@H]2CCCNN2C(=O)[C@H](C(C)C)OC(=O)[C@@H](C2(C)CC2)NC(=O)[C@@H]2C[C@@]3(O)c4ccc(Cl)c(Cl)c4N[C@H]3N2C(=O)[C@H]([C@H](O)CC(=O)O)NC1=O. The molecular weight excluding hydrogens is 793 g/mol. The van der Waals surface area contributed by atoms with Crippen molar-refractivity contribution in [1.82, 2.24) is 31.3 Å². The lowest BCUT2D eigenvalue weighted by molar-refractivity contribution is -0.171. The summed E-state index contributed by atoms with van der Waals surface area (Å²) in [6.45, 7) is 4.85. The molecule has 312 valence electrons. The number of carboxylic acid groups (broad SMARTS) is 1. The first-order chi connectivity index (χ1) is 26.8. The number of hydrazine groups is 1. The van der Waals surface area contributed by atoms with Crippen LogP contribution in [0.1, 0.15) is 64.9 Å². The standard InChI is InChI=1S/C36H47Cl2N7O12/c1-15(2)26-32(53)45-19(6-5-11-39-45)29(50)40-18(14-56-4)28(49)41-25(21(46)12-22(47)48)31(52)44-20(30(51)43-27(33(54)57-26)35(3)9-10-35)13-36(55)16-7-8-17(37)23(38)24(16)42-34(36)44/h7-8,15,18-21,25-27,34,39,42,46,55H,5-6,9-14H2,1-4H3,(H,40,50)(H,41,49)(H,43,51)(H,47,48)/t18-,19+,20+,21-,25+,26+,27+,34+,36-/m1/s1. The zero-order valence-electron chi connectivity index (χ0n) is 31.7. The number of ether oxygens (including phenoxy) is 2. The van der Waals surface area contributed by atoms with Crippen LogP contribution < -0.4 is 26.7 Å². The van der Waals surface area contributed by atoms with Gasteiger partial charge in [-0.25, -0.2) is 10.2 Å². The van der Waals surface area contributed by atoms with Gasteiger partial charge in [0.05, 0.1) is 34.9 Å². The highest BCUT2D eigenvalue weighted by Gasteiger charge is 2.63. The van der Waals surface area contributed by atoms with Crippen molar-refractivity contribution in [1.29, 1.82) is 0 Å². The number of esters is 1. The number of cyclic esters (lactones) is 1. The van der Waals surface area contributed by atoms with E-state index >= 15 is 0 Å². The Labute approximate surface area is 337 Å². The smallest absolute Gasteiger partial charge is 0.330 e. The number of nitrogens with one attached hydrogen (secondary N) is 5. The Hall–Kier alpha value is -4.27. The number of hydrogen-bond acceptors (Lipinski definition) is 13. The number of anilines is 1. The topological polar surface area (TPSA) is 265 Å². The van der Waals surface area contributed by atoms with E-state index in [1.165, 1.54) is 19.2 Å². The van der Waals surface area contributed by atoms with Crippen molar-refractivity contribution < 1.29 is 58.4 Å². The van der Waals surface area contributed by atoms with Gasteiger partial charge in [0.25, 0.3) is 5.91 Å². The molecule has 0 spiro atoms. The summed E-state index contributed by atoms with van der Waals surface area (Å²) in [6.07, 6.45) is -5.04. The van der Waals surface area contributed by atoms with Crippen LogP contribution in [0.25, 0.3) is 0 Å². The van der Waals surface area contributed by atoms with Gasteiger partial charge in [-0.05, 0) is 43.1 Å². The third kappa shape index (κ3) is 7.97. The quantitative estimate of drug-likeness (QED) is 0.159. The van der Waals surface area contributed by atoms with Crippen molar-refractivity contribution in [2.75, 3.05) is 25.6 Å². The van der Waals surface area contributed by atoms with Crippen LogP contribution in [0, 0.1) is 11.3 Å². The van der Waals surface area contributed by atoms with E-state index in [0.717, 1.165) is 9.91 Å². The number of carbonyl (C=O) groups is 7. The van der Waals surface area contributed by atoms with Crippen LogP contribution in [0.4, 0.5) is 5.69 Å². The molecule has 1 aliphatic carbocycles. The average molecular weight is 841 g/mol. The van der Waals surface area contributed by atoms with Gasteiger partial charge in [-0.3, -0.25) is 33.8 Å². The number of amides is 5. The summed E-state index contributed by atoms with van der Waals surface area (Å²) in [5.74, 6) is -7.86. The Balaban J connectivity index is 1.48. The number of aliphatic hydroxyl groups is 2. The average Bonchev–Trinajstić information content (AvgIpc) is 3.73. The molecule has 4 fully saturated rings. The highest BCUT2D eigenvalue weighted by atomic mass is 35.5. The first kappa shape index (κ1) is 42.3. The molecule has 1 aromatic rings. The van der Waals surface area contributed by atoms with Crippen molar-refractivity contribution in [2.45, 2.75) is 113 Å². The number of carboxylic acids is 1. The van der Waals surface area contributed by atoms with E-state index in [0.29, 0.717) is 25.8 Å². The maximum absolute atomic E-state index is 14.9. The molecule has 0 unspecified atom stereocenters. The number of aliphatic carboxylic acids is 1. The summed E-state index contributed by atoms with van der Waals surface area (Å²) in [5, 5.41) is 44.9. The zero-order chi connectivity index (χ0) is 41.7. The number of fused-ring (bicyclic) bond motifs is 6. The molecule has 0 bridgehead atoms. The van der Waals surface area contributed by atoms with Crippen LogP contribution in [0.15, 0.2) is 12.1 Å². The molecule has 9 atom stereocenters. The fraction of sp³-hybridized carbons (Fsp3) is 0.639. The highest BCUT2D eigenvalue weighted by molar-refractivity contribution is 6.44. The minimum atomic E-state index is -2.11. The van der Waals surface area contributed by atoms with Gasteiger partial charge >= 0.3 is 11.9 Å². The van der Waals surface area contributed by atoms with Gasteiger partial charge in [-0.15, -0.1) is 0 Å². The second-order valence-electron chi connectivity index (χ2n) is 15.9. The molecule has 21 heteroatoms. The number of carbonyl (C=O) groups excluding carboxylic acids is 6. The first-order valence-corrected chi connectivity index (χ1v) is 19.4. The predicted octanol–water partition coefficient (Wildman–Crippen LogP) is -0.653. The molecule has 8 N–H and O–H groups in total. The van der Waals surface area contributed by atoms with Crippen LogP contribution in [-0.2, 0) is 48.6 Å². The number of halogens is 2. The molecule has 57 heavy (non-hydrogen) atoms. The van der Waals surface area contributed by atoms with Crippen LogP contribution in [-0.4, -0.2) is 136 Å². The van der Waals surface area contributed by atoms with Crippen molar-refractivity contribution in [2.24, 2.45) is 11.3 Å². The maximum atomic E-state index is 14.9. The molecule has 3 saturated heterocycles. The van der Waals surface area contributed by atoms with E-state index in [4.69, 9.17) is 32.7 Å². The van der Waals surface area contributed by atoms with E-state index in [2.05, 4.69) is 26.7 Å². The second-order valence-corrected chi connectivity index (χ2v) is 16.6. The summed E-state index contributed by atoms with van der Waals surface area (Å²) in [5.41, 5.74) is 0.316. The van der Waals surface area contributed by atoms with Crippen molar-refractivity contribution in [3.63, 3.8) is 0 Å². The monoisotopic (exact) mass is 839 g/mol. The molecular formula is C36H47Cl2N7O12. The van der Waals surface area contributed by atoms with Gasteiger partial charge in [0, 0.05) is 25.6 Å². The van der Waals surface area contributed by atoms with Gasteiger partial charge < -0.3 is 51.0 Å². The van der Waals surface area contributed by atoms with Crippen LogP contribution >= 0.6 is 23.2 Å². The molecule has 5 aliphatic rings. The summed E-state index contributed by atoms with van der Waals surface area (Å²) < 4.78 is 11.1. The summed E-state index contributed by atoms with van der Waals surface area (Å²) >= 11 is 12.8. The van der Waals surface area contributed by atoms with Gasteiger partial charge in [0.2, 0.25) is 23.6 Å². The minimum absolute atomic E-state index is 0.00815. The third-order valence-corrected chi connectivity index (χ3v) is 12.2. The summed E-state index contributed by atoms with van der Waals surface area (Å²) in [6, 6.07) is -4.96. The van der Waals surface area contributed by atoms with Crippen LogP contribution in [0.2, 0.25) is 10.0 Å². The Kier molecular flexibility index (Phi) is 12.0. The molecule has 4 aliphatic heterocycles. The zero-order valence-corrected chi connectivity index (χ0v) is 33.2. The molecule has 5 amide bonds. The maximum Gasteiger partial charge on any atom is 0.330 e. The molecule has 6 rings (SSSR count). The van der Waals surface area contributed by atoms with Crippen molar-refractivity contribution in [3.8, 4) is 0 Å². The van der Waals surface area contributed by atoms with E-state index in [1.807, 2.05) is 0 Å². The largest absolute Gasteiger partial charge is 0.481 e. The van der Waals surface area contributed by atoms with E-state index < -0.39 is 126 Å². The normalized spacial score (nSPS) is 32.3. The van der Waals surface area contributed by atoms with Crippen molar-refractivity contribution in [3.05, 3.63) is 27.7 Å². The molecule has 4 heterocycles. The Morgan fingerprint density at radius 3 is 2.32 bits per heavy atom. The second kappa shape index (κ2) is 16.2. The van der Waals surface area contributed by atoms with E-state index in [-0.39, 0.29) is 27.7 Å². The predicted molar refractivity (Wildman–Crippen MR) is 199 cm³/mol. The fourth-order valence-electron chi connectivity index (χ4n) is 7.96. The number of rotatable bonds is 7. The summed E-state index contributed by atoms with van der Waals surface area (Å²) in [4.78, 5) is 98.3. The fourth-order valence-corrected chi connectivity index (χ4v) is 8.34. The van der Waals surface area contributed by atoms with Gasteiger partial charge in [0.1, 0.15) is 42.0 Å². The Bertz CT molecular complexity index is 1850. The van der Waals surface area contributed by atoms with Crippen LogP contribution in [0.5, 0.6) is 0 Å². The van der Waals surface area contributed by atoms with E-state index in [9.17, 15) is 48.9 Å². The van der Waals surface area contributed by atoms with E-state index in [1.54, 1.807) is 20.8 Å². The number of nitrogens with zero attached hydrogens (tertiary/aromatic N) is 2. The van der Waals surface area contributed by atoms with Gasteiger partial charge in [0.15, 0.2) is 6.10 Å². The Morgan fingerprint density at radius 2 is 1.68 bits per heavy atom. The molecule has 1 aromatic carbocycles. The van der Waals surface area contributed by atoms with Crippen molar-refractivity contribution >= 4 is 70.4 Å².